The lowest BCUT2D eigenvalue weighted by atomic mass is 10.3. The van der Waals surface area contributed by atoms with Gasteiger partial charge >= 0.3 is 0 Å². The maximum Gasteiger partial charge on any atom is 0.277 e. The van der Waals surface area contributed by atoms with Gasteiger partial charge in [0.1, 0.15) is 11.6 Å². The van der Waals surface area contributed by atoms with Crippen LogP contribution < -0.4 is 10.6 Å². The molecule has 2 N–H and O–H groups in total. The summed E-state index contributed by atoms with van der Waals surface area (Å²) in [5, 5.41) is 13.4. The first-order chi connectivity index (χ1) is 9.20. The second kappa shape index (κ2) is 6.24. The molecule has 0 atom stereocenters. The van der Waals surface area contributed by atoms with Crippen LogP contribution in [0.15, 0.2) is 34.9 Å². The molecule has 2 aromatic rings. The van der Waals surface area contributed by atoms with Gasteiger partial charge in [-0.15, -0.1) is 10.2 Å². The van der Waals surface area contributed by atoms with Crippen molar-refractivity contribution in [1.29, 1.82) is 0 Å². The molecule has 0 radical (unpaired) electrons. The van der Waals surface area contributed by atoms with Gasteiger partial charge < -0.3 is 10.6 Å². The lowest BCUT2D eigenvalue weighted by molar-refractivity contribution is 0.102. The number of carbonyl (C=O) groups excluding carboxylic acids is 1. The van der Waals surface area contributed by atoms with Gasteiger partial charge in [0.2, 0.25) is 0 Å². The Bertz CT molecular complexity index is 573. The lowest BCUT2D eigenvalue weighted by Gasteiger charge is -2.05. The quantitative estimate of drug-likeness (QED) is 0.903. The number of halogens is 1. The molecule has 0 saturated carbocycles. The number of amides is 1. The summed E-state index contributed by atoms with van der Waals surface area (Å²) in [6.07, 6.45) is 1.60. The van der Waals surface area contributed by atoms with Gasteiger partial charge in [-0.3, -0.25) is 4.79 Å². The number of anilines is 2. The summed E-state index contributed by atoms with van der Waals surface area (Å²) in [6, 6.07) is 6.88. The summed E-state index contributed by atoms with van der Waals surface area (Å²) in [7, 11) is 0. The van der Waals surface area contributed by atoms with Gasteiger partial charge in [0.05, 0.1) is 4.47 Å². The van der Waals surface area contributed by atoms with E-state index < -0.39 is 0 Å². The van der Waals surface area contributed by atoms with E-state index in [2.05, 4.69) is 41.7 Å². The Morgan fingerprint density at radius 3 is 2.79 bits per heavy atom. The van der Waals surface area contributed by atoms with E-state index >= 15 is 0 Å². The third-order valence-corrected chi connectivity index (χ3v) is 2.89. The van der Waals surface area contributed by atoms with E-state index in [9.17, 15) is 4.79 Å². The largest absolute Gasteiger partial charge is 0.369 e. The first kappa shape index (κ1) is 13.4. The smallest absolute Gasteiger partial charge is 0.277 e. The first-order valence-electron chi connectivity index (χ1n) is 5.70. The highest BCUT2D eigenvalue weighted by Crippen LogP contribution is 2.18. The van der Waals surface area contributed by atoms with E-state index in [-0.39, 0.29) is 11.6 Å². The Labute approximate surface area is 118 Å². The van der Waals surface area contributed by atoms with E-state index in [0.717, 1.165) is 6.54 Å². The molecule has 6 nitrogen and oxygen atoms in total. The summed E-state index contributed by atoms with van der Waals surface area (Å²) in [5.41, 5.74) is 0.235. The summed E-state index contributed by atoms with van der Waals surface area (Å²) < 4.78 is 0.709. The zero-order valence-electron chi connectivity index (χ0n) is 10.2. The molecule has 0 bridgehead atoms. The van der Waals surface area contributed by atoms with Crippen LogP contribution in [0.1, 0.15) is 17.4 Å². The highest BCUT2D eigenvalue weighted by atomic mass is 79.9. The van der Waals surface area contributed by atoms with Crippen LogP contribution in [0.3, 0.4) is 0 Å². The molecule has 19 heavy (non-hydrogen) atoms. The van der Waals surface area contributed by atoms with Gasteiger partial charge in [0, 0.05) is 12.7 Å². The van der Waals surface area contributed by atoms with E-state index in [4.69, 9.17) is 0 Å². The highest BCUT2D eigenvalue weighted by molar-refractivity contribution is 9.10. The van der Waals surface area contributed by atoms with Gasteiger partial charge in [-0.25, -0.2) is 4.98 Å². The fraction of sp³-hybridized carbons (Fsp3) is 0.167. The number of nitrogens with one attached hydrogen (secondary N) is 2. The molecule has 0 fully saturated rings. The van der Waals surface area contributed by atoms with Gasteiger partial charge in [0.15, 0.2) is 5.69 Å². The van der Waals surface area contributed by atoms with Crippen LogP contribution in [0.25, 0.3) is 0 Å². The molecular formula is C12H12BrN5O. The number of hydrogen-bond acceptors (Lipinski definition) is 5. The van der Waals surface area contributed by atoms with E-state index in [1.165, 1.54) is 0 Å². The van der Waals surface area contributed by atoms with Crippen molar-refractivity contribution in [3.8, 4) is 0 Å². The fourth-order valence-electron chi connectivity index (χ4n) is 1.38. The van der Waals surface area contributed by atoms with E-state index in [0.29, 0.717) is 16.1 Å². The predicted molar refractivity (Wildman–Crippen MR) is 76.1 cm³/mol. The van der Waals surface area contributed by atoms with Crippen LogP contribution >= 0.6 is 15.9 Å². The van der Waals surface area contributed by atoms with Crippen molar-refractivity contribution in [2.24, 2.45) is 0 Å². The van der Waals surface area contributed by atoms with Crippen LogP contribution in [-0.2, 0) is 0 Å². The minimum absolute atomic E-state index is 0.235. The molecule has 2 aromatic heterocycles. The number of rotatable bonds is 4. The lowest BCUT2D eigenvalue weighted by Crippen LogP contribution is -2.16. The average Bonchev–Trinajstić information content (AvgIpc) is 2.42. The number of carbonyl (C=O) groups is 1. The Morgan fingerprint density at radius 1 is 1.32 bits per heavy atom. The van der Waals surface area contributed by atoms with Crippen LogP contribution in [0.5, 0.6) is 0 Å². The molecule has 0 spiro atoms. The second-order valence-electron chi connectivity index (χ2n) is 3.62. The van der Waals surface area contributed by atoms with Crippen LogP contribution in [0, 0.1) is 0 Å². The zero-order valence-corrected chi connectivity index (χ0v) is 11.8. The predicted octanol–water partition coefficient (Wildman–Crippen LogP) is 2.32. The summed E-state index contributed by atoms with van der Waals surface area (Å²) in [6.45, 7) is 2.71. The van der Waals surface area contributed by atoms with Gasteiger partial charge in [-0.1, -0.05) is 0 Å². The van der Waals surface area contributed by atoms with Crippen molar-refractivity contribution in [3.63, 3.8) is 0 Å². The molecule has 2 rings (SSSR count). The van der Waals surface area contributed by atoms with Crippen molar-refractivity contribution in [1.82, 2.24) is 15.2 Å². The Morgan fingerprint density at radius 2 is 2.16 bits per heavy atom. The third-order valence-electron chi connectivity index (χ3n) is 2.25. The maximum atomic E-state index is 11.9. The SMILES string of the molecule is CCNc1ccc(C(=O)Nc2ncccc2Br)nn1. The standard InChI is InChI=1S/C12H12BrN5O/c1-2-14-10-6-5-9(17-18-10)12(19)16-11-8(13)4-3-7-15-11/h3-7H,2H2,1H3,(H,14,18)(H,15,16,19). The second-order valence-corrected chi connectivity index (χ2v) is 4.48. The molecule has 7 heteroatoms. The maximum absolute atomic E-state index is 11.9. The monoisotopic (exact) mass is 321 g/mol. The molecule has 0 aromatic carbocycles. The summed E-state index contributed by atoms with van der Waals surface area (Å²) >= 11 is 3.31. The number of pyridine rings is 1. The number of hydrogen-bond donors (Lipinski definition) is 2. The zero-order chi connectivity index (χ0) is 13.7. The van der Waals surface area contributed by atoms with Crippen molar-refractivity contribution in [2.45, 2.75) is 6.92 Å². The molecule has 1 amide bonds. The molecular weight excluding hydrogens is 310 g/mol. The first-order valence-corrected chi connectivity index (χ1v) is 6.49. The molecule has 98 valence electrons. The average molecular weight is 322 g/mol. The third kappa shape index (κ3) is 3.47. The van der Waals surface area contributed by atoms with Gasteiger partial charge in [-0.05, 0) is 47.1 Å². The van der Waals surface area contributed by atoms with Gasteiger partial charge in [-0.2, -0.15) is 0 Å². The number of aromatic nitrogens is 3. The molecule has 0 unspecified atom stereocenters. The normalized spacial score (nSPS) is 10.0. The topological polar surface area (TPSA) is 79.8 Å². The minimum Gasteiger partial charge on any atom is -0.369 e. The highest BCUT2D eigenvalue weighted by Gasteiger charge is 2.10. The molecule has 0 aliphatic heterocycles. The van der Waals surface area contributed by atoms with Crippen LogP contribution in [0.2, 0.25) is 0 Å². The molecule has 0 saturated heterocycles. The van der Waals surface area contributed by atoms with Crippen LogP contribution in [0.4, 0.5) is 11.6 Å². The molecule has 0 aliphatic carbocycles. The Balaban J connectivity index is 2.10. The molecule has 0 aliphatic rings. The van der Waals surface area contributed by atoms with Crippen LogP contribution in [-0.4, -0.2) is 27.6 Å². The van der Waals surface area contributed by atoms with Crippen molar-refractivity contribution < 1.29 is 4.79 Å². The fourth-order valence-corrected chi connectivity index (χ4v) is 1.73. The Hall–Kier alpha value is -2.02. The molecule has 2 heterocycles. The van der Waals surface area contributed by atoms with Crippen molar-refractivity contribution in [3.05, 3.63) is 40.6 Å². The van der Waals surface area contributed by atoms with Gasteiger partial charge in [0.25, 0.3) is 5.91 Å². The van der Waals surface area contributed by atoms with E-state index in [1.54, 1.807) is 30.5 Å². The summed E-state index contributed by atoms with van der Waals surface area (Å²) in [5.74, 6) is 0.734. The Kier molecular flexibility index (Phi) is 4.40. The summed E-state index contributed by atoms with van der Waals surface area (Å²) in [4.78, 5) is 16.0. The van der Waals surface area contributed by atoms with E-state index in [1.807, 2.05) is 6.92 Å². The van der Waals surface area contributed by atoms with Crippen molar-refractivity contribution >= 4 is 33.5 Å². The number of nitrogens with zero attached hydrogens (tertiary/aromatic N) is 3. The van der Waals surface area contributed by atoms with Crippen molar-refractivity contribution in [2.75, 3.05) is 17.2 Å². The minimum atomic E-state index is -0.352.